The Hall–Kier alpha value is -1.90. The predicted octanol–water partition coefficient (Wildman–Crippen LogP) is 8.11. The van der Waals surface area contributed by atoms with E-state index in [0.717, 1.165) is 51.4 Å². The van der Waals surface area contributed by atoms with E-state index >= 15 is 0 Å². The summed E-state index contributed by atoms with van der Waals surface area (Å²) in [5.74, 6) is -1.53. The van der Waals surface area contributed by atoms with Crippen molar-refractivity contribution < 1.29 is 104 Å². The fourth-order valence-corrected chi connectivity index (χ4v) is 10.1. The second kappa shape index (κ2) is 45.8. The Kier molecular flexibility index (Phi) is 48.5. The molecular formula is C46H96N4O22P4. The Labute approximate surface area is 449 Å². The molecule has 1 aliphatic rings. The fourth-order valence-electron chi connectivity index (χ4n) is 7.46. The summed E-state index contributed by atoms with van der Waals surface area (Å²) >= 11 is 0. The lowest BCUT2D eigenvalue weighted by molar-refractivity contribution is -0.286. The smallest absolute Gasteiger partial charge is 0.306 e. The van der Waals surface area contributed by atoms with E-state index in [4.69, 9.17) is 18.5 Å². The van der Waals surface area contributed by atoms with Crippen LogP contribution in [-0.4, -0.2) is 92.8 Å². The normalized spacial score (nSPS) is 22.3. The molecule has 0 saturated heterocycles. The topological polar surface area (TPSA) is 506 Å². The first-order chi connectivity index (χ1) is 34.0. The van der Waals surface area contributed by atoms with Gasteiger partial charge in [0.1, 0.15) is 43.2 Å². The number of phosphoric ester groups is 4. The van der Waals surface area contributed by atoms with Crippen molar-refractivity contribution >= 4 is 43.2 Å². The summed E-state index contributed by atoms with van der Waals surface area (Å²) in [5.41, 5.74) is 0. The molecule has 6 unspecified atom stereocenters. The van der Waals surface area contributed by atoms with Gasteiger partial charge in [0.05, 0.1) is 6.61 Å². The summed E-state index contributed by atoms with van der Waals surface area (Å²) in [6, 6.07) is 0. The highest BCUT2D eigenvalue weighted by Crippen LogP contribution is 2.50. The molecule has 0 aromatic heterocycles. The summed E-state index contributed by atoms with van der Waals surface area (Å²) in [7, 11) is -24.2. The van der Waals surface area contributed by atoms with Crippen LogP contribution in [0.15, 0.2) is 48.6 Å². The van der Waals surface area contributed by atoms with Crippen LogP contribution in [0.5, 0.6) is 0 Å². The number of ether oxygens (including phenoxy) is 2. The monoisotopic (exact) mass is 1180 g/mol. The minimum Gasteiger partial charge on any atom is -0.756 e. The number of quaternary nitrogens is 4. The van der Waals surface area contributed by atoms with Gasteiger partial charge in [-0.3, -0.25) is 27.8 Å². The summed E-state index contributed by atoms with van der Waals surface area (Å²) in [6.45, 7) is 2.54. The third kappa shape index (κ3) is 43.0. The largest absolute Gasteiger partial charge is 0.756 e. The third-order valence-electron chi connectivity index (χ3n) is 11.1. The lowest BCUT2D eigenvalue weighted by Gasteiger charge is -2.49. The van der Waals surface area contributed by atoms with Gasteiger partial charge in [-0.2, -0.15) is 0 Å². The number of esters is 2. The summed E-state index contributed by atoms with van der Waals surface area (Å²) in [6.07, 6.45) is 20.5. The summed E-state index contributed by atoms with van der Waals surface area (Å²) < 4.78 is 80.6. The van der Waals surface area contributed by atoms with Gasteiger partial charge in [0.2, 0.25) is 0 Å². The molecule has 1 saturated carbocycles. The fraction of sp³-hybridized carbons (Fsp3) is 0.783. The number of hydrogen-bond donors (Lipinski definition) is 9. The van der Waals surface area contributed by atoms with E-state index in [1.807, 2.05) is 24.3 Å². The van der Waals surface area contributed by atoms with Crippen LogP contribution in [0, 0.1) is 0 Å². The second-order valence-corrected chi connectivity index (χ2v) is 22.3. The quantitative estimate of drug-likeness (QED) is 0.0120. The van der Waals surface area contributed by atoms with Crippen molar-refractivity contribution in [1.82, 2.24) is 24.6 Å². The summed E-state index contributed by atoms with van der Waals surface area (Å²) in [5, 5.41) is 21.7. The van der Waals surface area contributed by atoms with Gasteiger partial charge in [0.15, 0.2) is 6.10 Å². The molecule has 0 spiro atoms. The zero-order chi connectivity index (χ0) is 53.9. The Morgan fingerprint density at radius 3 is 1.24 bits per heavy atom. The van der Waals surface area contributed by atoms with Crippen LogP contribution in [0.2, 0.25) is 0 Å². The molecule has 26 nitrogen and oxygen atoms in total. The standard InChI is InChI=1S/C46H84O22P4.4H3N/c1-3-5-7-9-11-13-15-17-19-20-21-23-25-27-29-31-33-35-40(48)64-38(36-62-39(47)34-32-30-28-26-24-22-18-16-14-12-10-8-6-4-2)37-63-72(60,61)68-43-41(49)44(65-69(51,52)53)46(67-71(57,58)59)45(42(43)50)66-70(54,55)56;;;;/h11,13,17,19,21,23,27,29,38,41-46,49-50H,3-10,12,14-16,18,20,22,24-26,28,30-37H2,1-2H3,(H,60,61)(H2,51,52,53)(H2,54,55,56)(H2,57,58,59);4*1H3/b13-11-,19-17-,23-21-,29-27-;;;;/t38-,41+,42+,43?,44-,45+,46?;;;;/m1..../s1. The van der Waals surface area contributed by atoms with Crippen LogP contribution < -0.4 is 44.2 Å². The minimum absolute atomic E-state index is 0. The molecule has 30 heteroatoms. The number of aliphatic hydroxyl groups is 2. The van der Waals surface area contributed by atoms with Gasteiger partial charge in [0, 0.05) is 12.8 Å². The highest BCUT2D eigenvalue weighted by molar-refractivity contribution is 7.46. The lowest BCUT2D eigenvalue weighted by Crippen LogP contribution is -2.66. The molecule has 11 atom stereocenters. The van der Waals surface area contributed by atoms with E-state index in [2.05, 4.69) is 51.7 Å². The Morgan fingerprint density at radius 1 is 0.461 bits per heavy atom. The lowest BCUT2D eigenvalue weighted by atomic mass is 9.85. The van der Waals surface area contributed by atoms with Gasteiger partial charge in [-0.15, -0.1) is 0 Å². The number of phosphoric acid groups is 4. The molecule has 0 aromatic rings. The van der Waals surface area contributed by atoms with Gasteiger partial charge >= 0.3 is 11.9 Å². The predicted molar refractivity (Wildman–Crippen MR) is 283 cm³/mol. The van der Waals surface area contributed by atoms with E-state index in [0.29, 0.717) is 25.7 Å². The minimum atomic E-state index is -6.10. The van der Waals surface area contributed by atoms with Gasteiger partial charge < -0.3 is 101 Å². The average Bonchev–Trinajstić information content (AvgIpc) is 3.28. The SMILES string of the molecule is CCCCC/C=C\C/C=C\C/C=C\C/C=C\CCCC(=O)O[C@H](COC(=O)CCCCCCCCCCCCCCCC)COP(=O)([O-])OC1[C@H](O)[C@H](OP(=O)([O-])O)C(OP(=O)([O-])O)[C@H](OP(=O)([O-])O)[C@H]1O.[NH4+].[NH4+].[NH4+].[NH4+]. The first-order valence-electron chi connectivity index (χ1n) is 25.1. The van der Waals surface area contributed by atoms with Crippen LogP contribution in [0.3, 0.4) is 0 Å². The van der Waals surface area contributed by atoms with Crippen LogP contribution in [0.1, 0.15) is 174 Å². The van der Waals surface area contributed by atoms with E-state index in [-0.39, 0.29) is 37.4 Å². The number of hydrogen-bond acceptors (Lipinski definition) is 19. The van der Waals surface area contributed by atoms with Crippen LogP contribution in [0.25, 0.3) is 0 Å². The molecule has 0 radical (unpaired) electrons. The Balaban J connectivity index is -0.00000648. The van der Waals surface area contributed by atoms with E-state index in [9.17, 15) is 72.3 Å². The number of allylic oxidation sites excluding steroid dienone is 8. The molecule has 0 bridgehead atoms. The first kappa shape index (κ1) is 80.6. The van der Waals surface area contributed by atoms with Crippen molar-refractivity contribution in [3.05, 3.63) is 48.6 Å². The number of carbonyl (C=O) groups excluding carboxylic acids is 2. The molecule has 0 amide bonds. The Morgan fingerprint density at radius 2 is 0.816 bits per heavy atom. The molecule has 0 aromatic carbocycles. The Bertz CT molecular complexity index is 1780. The highest BCUT2D eigenvalue weighted by atomic mass is 31.2. The molecule has 0 heterocycles. The molecule has 1 rings (SSSR count). The zero-order valence-corrected chi connectivity index (χ0v) is 49.3. The number of rotatable bonds is 43. The maximum absolute atomic E-state index is 13.1. The van der Waals surface area contributed by atoms with E-state index in [1.54, 1.807) is 0 Å². The van der Waals surface area contributed by atoms with Crippen molar-refractivity contribution in [2.45, 2.75) is 217 Å². The van der Waals surface area contributed by atoms with Crippen molar-refractivity contribution in [2.24, 2.45) is 0 Å². The van der Waals surface area contributed by atoms with E-state index < -0.39 is 99.2 Å². The molecular weight excluding hydrogens is 1080 g/mol. The van der Waals surface area contributed by atoms with Crippen molar-refractivity contribution in [3.63, 3.8) is 0 Å². The van der Waals surface area contributed by atoms with Crippen molar-refractivity contribution in [3.8, 4) is 0 Å². The summed E-state index contributed by atoms with van der Waals surface area (Å²) in [4.78, 5) is 101. The molecule has 21 N–H and O–H groups in total. The molecule has 1 fully saturated rings. The van der Waals surface area contributed by atoms with Crippen LogP contribution >= 0.6 is 31.3 Å². The molecule has 0 aliphatic heterocycles. The van der Waals surface area contributed by atoms with Crippen molar-refractivity contribution in [2.75, 3.05) is 13.2 Å². The van der Waals surface area contributed by atoms with Crippen molar-refractivity contribution in [1.29, 1.82) is 0 Å². The average molecular weight is 1180 g/mol. The van der Waals surface area contributed by atoms with Gasteiger partial charge in [-0.1, -0.05) is 159 Å². The number of aliphatic hydroxyl groups excluding tert-OH is 2. The molecule has 452 valence electrons. The maximum atomic E-state index is 13.1. The molecule has 1 aliphatic carbocycles. The third-order valence-corrected chi connectivity index (χ3v) is 13.6. The van der Waals surface area contributed by atoms with Gasteiger partial charge in [-0.25, -0.2) is 0 Å². The van der Waals surface area contributed by atoms with Gasteiger partial charge in [0.25, 0.3) is 31.3 Å². The zero-order valence-electron chi connectivity index (χ0n) is 45.7. The number of unbranched alkanes of at least 4 members (excludes halogenated alkanes) is 17. The van der Waals surface area contributed by atoms with Gasteiger partial charge in [-0.05, 0) is 51.4 Å². The van der Waals surface area contributed by atoms with Crippen LogP contribution in [-0.2, 0) is 59.9 Å². The highest BCUT2D eigenvalue weighted by Gasteiger charge is 2.56. The first-order valence-corrected chi connectivity index (χ1v) is 31.0. The number of carbonyl (C=O) groups is 2. The molecule has 76 heavy (non-hydrogen) atoms. The van der Waals surface area contributed by atoms with E-state index in [1.165, 1.54) is 70.6 Å². The second-order valence-electron chi connectivity index (χ2n) is 17.5. The maximum Gasteiger partial charge on any atom is 0.306 e. The van der Waals surface area contributed by atoms with Crippen LogP contribution in [0.4, 0.5) is 0 Å².